The Balaban J connectivity index is 1.61. The third-order valence-corrected chi connectivity index (χ3v) is 4.84. The molecule has 1 aliphatic carbocycles. The third kappa shape index (κ3) is 2.53. The molecule has 8 heteroatoms. The Labute approximate surface area is 154 Å². The van der Waals surface area contributed by atoms with Crippen molar-refractivity contribution in [1.82, 2.24) is 24.1 Å². The standard InChI is InChI=1S/C19H17N7O/c1-25-11-13(9-21-25)18-19(26-7-6-20-10-17(26)23-18)22-14-3-4-15-12(8-14)2-5-16(15)24-27/h3-4,6-11,22,27H,2,5H2,1H3/b24-16+. The molecule has 2 N–H and O–H groups in total. The van der Waals surface area contributed by atoms with Gasteiger partial charge in [-0.2, -0.15) is 5.10 Å². The molecule has 0 spiro atoms. The zero-order chi connectivity index (χ0) is 18.4. The molecule has 1 aromatic carbocycles. The Kier molecular flexibility index (Phi) is 3.43. The molecule has 0 saturated heterocycles. The number of benzene rings is 1. The van der Waals surface area contributed by atoms with Crippen molar-refractivity contribution >= 4 is 22.9 Å². The Morgan fingerprint density at radius 3 is 2.96 bits per heavy atom. The van der Waals surface area contributed by atoms with Crippen molar-refractivity contribution in [2.24, 2.45) is 12.2 Å². The molecule has 0 atom stereocenters. The summed E-state index contributed by atoms with van der Waals surface area (Å²) in [6.07, 6.45) is 10.7. The van der Waals surface area contributed by atoms with Gasteiger partial charge in [-0.25, -0.2) is 4.98 Å². The van der Waals surface area contributed by atoms with Crippen LogP contribution in [-0.2, 0) is 13.5 Å². The molecule has 0 amide bonds. The second-order valence-corrected chi connectivity index (χ2v) is 6.56. The number of aromatic nitrogens is 5. The molecule has 0 aliphatic heterocycles. The van der Waals surface area contributed by atoms with Gasteiger partial charge in [0.1, 0.15) is 11.5 Å². The van der Waals surface area contributed by atoms with Crippen LogP contribution in [0.15, 0.2) is 54.3 Å². The van der Waals surface area contributed by atoms with Gasteiger partial charge in [0.25, 0.3) is 0 Å². The van der Waals surface area contributed by atoms with Gasteiger partial charge in [-0.15, -0.1) is 0 Å². The molecule has 3 heterocycles. The van der Waals surface area contributed by atoms with E-state index in [9.17, 15) is 0 Å². The van der Waals surface area contributed by atoms with Crippen molar-refractivity contribution in [3.63, 3.8) is 0 Å². The van der Waals surface area contributed by atoms with Crippen LogP contribution in [-0.4, -0.2) is 35.1 Å². The van der Waals surface area contributed by atoms with Gasteiger partial charge in [0.2, 0.25) is 0 Å². The highest BCUT2D eigenvalue weighted by Crippen LogP contribution is 2.32. The molecule has 0 radical (unpaired) electrons. The SMILES string of the molecule is Cn1cc(-c2nc3cnccn3c2Nc2ccc3c(c2)CC/C3=N\O)cn1. The second kappa shape index (κ2) is 5.94. The molecule has 0 bridgehead atoms. The lowest BCUT2D eigenvalue weighted by Gasteiger charge is -2.10. The summed E-state index contributed by atoms with van der Waals surface area (Å²) >= 11 is 0. The van der Waals surface area contributed by atoms with Gasteiger partial charge in [-0.1, -0.05) is 11.2 Å². The van der Waals surface area contributed by atoms with E-state index >= 15 is 0 Å². The minimum atomic E-state index is 0.744. The Hall–Kier alpha value is -3.68. The maximum absolute atomic E-state index is 9.12. The molecule has 3 aromatic heterocycles. The van der Waals surface area contributed by atoms with Crippen LogP contribution >= 0.6 is 0 Å². The lowest BCUT2D eigenvalue weighted by Crippen LogP contribution is -1.99. The topological polar surface area (TPSA) is 92.6 Å². The molecule has 0 unspecified atom stereocenters. The van der Waals surface area contributed by atoms with E-state index < -0.39 is 0 Å². The fourth-order valence-corrected chi connectivity index (χ4v) is 3.56. The summed E-state index contributed by atoms with van der Waals surface area (Å²) in [6, 6.07) is 6.08. The quantitative estimate of drug-likeness (QED) is 0.433. The maximum Gasteiger partial charge on any atom is 0.157 e. The molecule has 0 fully saturated rings. The van der Waals surface area contributed by atoms with Gasteiger partial charge in [-0.3, -0.25) is 14.1 Å². The van der Waals surface area contributed by atoms with Gasteiger partial charge in [0.15, 0.2) is 5.65 Å². The maximum atomic E-state index is 9.12. The van der Waals surface area contributed by atoms with Gasteiger partial charge < -0.3 is 10.5 Å². The first-order chi connectivity index (χ1) is 13.2. The number of rotatable bonds is 3. The molecular formula is C19H17N7O. The number of nitrogens with one attached hydrogen (secondary N) is 1. The van der Waals surface area contributed by atoms with E-state index in [1.54, 1.807) is 23.3 Å². The number of anilines is 2. The first kappa shape index (κ1) is 15.6. The number of oxime groups is 1. The highest BCUT2D eigenvalue weighted by Gasteiger charge is 2.20. The van der Waals surface area contributed by atoms with E-state index in [1.807, 2.05) is 36.0 Å². The van der Waals surface area contributed by atoms with Crippen molar-refractivity contribution < 1.29 is 5.21 Å². The summed E-state index contributed by atoms with van der Waals surface area (Å²) in [5, 5.41) is 20.3. The highest BCUT2D eigenvalue weighted by molar-refractivity contribution is 6.04. The first-order valence-corrected chi connectivity index (χ1v) is 8.65. The zero-order valence-corrected chi connectivity index (χ0v) is 14.7. The van der Waals surface area contributed by atoms with Crippen LogP contribution in [0.2, 0.25) is 0 Å². The summed E-state index contributed by atoms with van der Waals surface area (Å²) in [5.41, 5.74) is 6.39. The van der Waals surface area contributed by atoms with Crippen molar-refractivity contribution in [2.75, 3.05) is 5.32 Å². The number of imidazole rings is 1. The molecule has 0 saturated carbocycles. The van der Waals surface area contributed by atoms with Crippen LogP contribution < -0.4 is 5.32 Å². The van der Waals surface area contributed by atoms with Crippen LogP contribution in [0.3, 0.4) is 0 Å². The Morgan fingerprint density at radius 1 is 1.22 bits per heavy atom. The first-order valence-electron chi connectivity index (χ1n) is 8.65. The van der Waals surface area contributed by atoms with Gasteiger partial charge in [0.05, 0.1) is 18.1 Å². The van der Waals surface area contributed by atoms with E-state index in [0.29, 0.717) is 0 Å². The van der Waals surface area contributed by atoms with Gasteiger partial charge in [0, 0.05) is 42.5 Å². The third-order valence-electron chi connectivity index (χ3n) is 4.84. The van der Waals surface area contributed by atoms with Crippen LogP contribution in [0.4, 0.5) is 11.5 Å². The van der Waals surface area contributed by atoms with Crippen molar-refractivity contribution in [2.45, 2.75) is 12.8 Å². The summed E-state index contributed by atoms with van der Waals surface area (Å²) in [5.74, 6) is 0.856. The second-order valence-electron chi connectivity index (χ2n) is 6.56. The fraction of sp³-hybridized carbons (Fsp3) is 0.158. The summed E-state index contributed by atoms with van der Waals surface area (Å²) in [4.78, 5) is 8.89. The van der Waals surface area contributed by atoms with E-state index in [4.69, 9.17) is 10.2 Å². The van der Waals surface area contributed by atoms with E-state index in [1.165, 1.54) is 5.56 Å². The summed E-state index contributed by atoms with van der Waals surface area (Å²) < 4.78 is 3.73. The number of aryl methyl sites for hydroxylation is 2. The summed E-state index contributed by atoms with van der Waals surface area (Å²) in [6.45, 7) is 0. The largest absolute Gasteiger partial charge is 0.411 e. The molecule has 5 rings (SSSR count). The monoisotopic (exact) mass is 359 g/mol. The number of hydrogen-bond acceptors (Lipinski definition) is 6. The van der Waals surface area contributed by atoms with Crippen molar-refractivity contribution in [1.29, 1.82) is 0 Å². The minimum Gasteiger partial charge on any atom is -0.411 e. The summed E-state index contributed by atoms with van der Waals surface area (Å²) in [7, 11) is 1.88. The minimum absolute atomic E-state index is 0.744. The molecular weight excluding hydrogens is 342 g/mol. The smallest absolute Gasteiger partial charge is 0.157 e. The molecule has 8 nitrogen and oxygen atoms in total. The van der Waals surface area contributed by atoms with E-state index in [0.717, 1.165) is 52.5 Å². The molecule has 4 aromatic rings. The molecule has 27 heavy (non-hydrogen) atoms. The van der Waals surface area contributed by atoms with Crippen molar-refractivity contribution in [3.8, 4) is 11.3 Å². The van der Waals surface area contributed by atoms with E-state index in [-0.39, 0.29) is 0 Å². The lowest BCUT2D eigenvalue weighted by atomic mass is 10.1. The van der Waals surface area contributed by atoms with Crippen LogP contribution in [0.25, 0.3) is 16.9 Å². The zero-order valence-electron chi connectivity index (χ0n) is 14.7. The van der Waals surface area contributed by atoms with Crippen LogP contribution in [0, 0.1) is 0 Å². The normalized spacial score (nSPS) is 14.8. The highest BCUT2D eigenvalue weighted by atomic mass is 16.4. The molecule has 1 aliphatic rings. The average molecular weight is 359 g/mol. The predicted octanol–water partition coefficient (Wildman–Crippen LogP) is 3.00. The molecule has 134 valence electrons. The Morgan fingerprint density at radius 2 is 2.15 bits per heavy atom. The number of nitrogens with zero attached hydrogens (tertiary/aromatic N) is 6. The van der Waals surface area contributed by atoms with Gasteiger partial charge >= 0.3 is 0 Å². The van der Waals surface area contributed by atoms with Gasteiger partial charge in [-0.05, 0) is 30.5 Å². The number of fused-ring (bicyclic) bond motifs is 2. The van der Waals surface area contributed by atoms with Crippen LogP contribution in [0.5, 0.6) is 0 Å². The number of hydrogen-bond donors (Lipinski definition) is 2. The lowest BCUT2D eigenvalue weighted by molar-refractivity contribution is 0.318. The average Bonchev–Trinajstić information content (AvgIpc) is 3.38. The predicted molar refractivity (Wildman–Crippen MR) is 102 cm³/mol. The van der Waals surface area contributed by atoms with E-state index in [2.05, 4.69) is 26.6 Å². The van der Waals surface area contributed by atoms with Crippen LogP contribution in [0.1, 0.15) is 17.5 Å². The van der Waals surface area contributed by atoms with Crippen molar-refractivity contribution in [3.05, 3.63) is 60.3 Å². The fourth-order valence-electron chi connectivity index (χ4n) is 3.56. The Bertz CT molecular complexity index is 1190.